The van der Waals surface area contributed by atoms with Crippen LogP contribution in [0.1, 0.15) is 21.6 Å². The van der Waals surface area contributed by atoms with Crippen LogP contribution < -0.4 is 5.32 Å². The number of hydrogen-bond donors (Lipinski definition) is 1. The molecule has 1 N–H and O–H groups in total. The number of hydrogen-bond acceptors (Lipinski definition) is 3. The summed E-state index contributed by atoms with van der Waals surface area (Å²) in [6.07, 6.45) is 0. The van der Waals surface area contributed by atoms with Crippen LogP contribution >= 0.6 is 27.3 Å². The van der Waals surface area contributed by atoms with E-state index in [2.05, 4.69) is 26.2 Å². The van der Waals surface area contributed by atoms with Crippen molar-refractivity contribution >= 4 is 38.9 Å². The number of carbonyl (C=O) groups is 1. The van der Waals surface area contributed by atoms with E-state index in [9.17, 15) is 9.18 Å². The Bertz CT molecular complexity index is 883. The molecule has 2 aromatic carbocycles. The molecule has 24 heavy (non-hydrogen) atoms. The molecule has 0 aliphatic rings. The van der Waals surface area contributed by atoms with E-state index >= 15 is 0 Å². The van der Waals surface area contributed by atoms with Crippen LogP contribution in [-0.2, 0) is 0 Å². The van der Waals surface area contributed by atoms with Gasteiger partial charge in [0.1, 0.15) is 16.5 Å². The molecule has 3 aromatic rings. The first-order valence-electron chi connectivity index (χ1n) is 7.23. The van der Waals surface area contributed by atoms with Crippen molar-refractivity contribution in [2.75, 3.05) is 5.32 Å². The van der Waals surface area contributed by atoms with E-state index in [1.165, 1.54) is 23.5 Å². The smallest absolute Gasteiger partial charge is 0.275 e. The highest BCUT2D eigenvalue weighted by molar-refractivity contribution is 9.10. The molecule has 1 amide bonds. The van der Waals surface area contributed by atoms with E-state index in [-0.39, 0.29) is 11.7 Å². The molecule has 6 heteroatoms. The summed E-state index contributed by atoms with van der Waals surface area (Å²) in [5.74, 6) is -0.553. The first-order valence-corrected chi connectivity index (χ1v) is 8.91. The largest absolute Gasteiger partial charge is 0.320 e. The third-order valence-electron chi connectivity index (χ3n) is 3.56. The zero-order valence-corrected chi connectivity index (χ0v) is 15.5. The summed E-state index contributed by atoms with van der Waals surface area (Å²) in [4.78, 5) is 16.8. The highest BCUT2D eigenvalue weighted by Gasteiger charge is 2.14. The van der Waals surface area contributed by atoms with Crippen LogP contribution in [0.2, 0.25) is 0 Å². The molecule has 3 rings (SSSR count). The van der Waals surface area contributed by atoms with Crippen LogP contribution in [0.25, 0.3) is 10.6 Å². The Morgan fingerprint density at radius 2 is 1.79 bits per heavy atom. The molecule has 0 saturated heterocycles. The van der Waals surface area contributed by atoms with E-state index < -0.39 is 0 Å². The Morgan fingerprint density at radius 3 is 2.42 bits per heavy atom. The monoisotopic (exact) mass is 404 g/mol. The number of halogens is 2. The van der Waals surface area contributed by atoms with Crippen molar-refractivity contribution < 1.29 is 9.18 Å². The van der Waals surface area contributed by atoms with Crippen LogP contribution in [0.5, 0.6) is 0 Å². The number of nitrogens with zero attached hydrogens (tertiary/aromatic N) is 1. The van der Waals surface area contributed by atoms with Gasteiger partial charge >= 0.3 is 0 Å². The third kappa shape index (κ3) is 3.55. The second-order valence-electron chi connectivity index (χ2n) is 5.41. The topological polar surface area (TPSA) is 42.0 Å². The van der Waals surface area contributed by atoms with Gasteiger partial charge in [0.25, 0.3) is 5.91 Å². The lowest BCUT2D eigenvalue weighted by atomic mass is 10.1. The molecule has 0 radical (unpaired) electrons. The second kappa shape index (κ2) is 6.83. The SMILES string of the molecule is Cc1cc(Br)cc(C)c1NC(=O)c1csc(-c2ccc(F)cc2)n1. The fraction of sp³-hybridized carbons (Fsp3) is 0.111. The molecule has 122 valence electrons. The number of aryl methyl sites for hydroxylation is 2. The van der Waals surface area contributed by atoms with Gasteiger partial charge in [0.2, 0.25) is 0 Å². The lowest BCUT2D eigenvalue weighted by Crippen LogP contribution is -2.14. The second-order valence-corrected chi connectivity index (χ2v) is 7.19. The molecule has 0 aliphatic carbocycles. The maximum atomic E-state index is 13.0. The minimum atomic E-state index is -0.297. The van der Waals surface area contributed by atoms with Crippen molar-refractivity contribution in [3.63, 3.8) is 0 Å². The van der Waals surface area contributed by atoms with Gasteiger partial charge in [0.05, 0.1) is 0 Å². The predicted molar refractivity (Wildman–Crippen MR) is 99.1 cm³/mol. The first kappa shape index (κ1) is 16.8. The van der Waals surface area contributed by atoms with Crippen LogP contribution in [0.15, 0.2) is 46.3 Å². The highest BCUT2D eigenvalue weighted by Crippen LogP contribution is 2.27. The summed E-state index contributed by atoms with van der Waals surface area (Å²) in [6.45, 7) is 3.89. The third-order valence-corrected chi connectivity index (χ3v) is 4.91. The van der Waals surface area contributed by atoms with Crippen molar-refractivity contribution in [3.8, 4) is 10.6 Å². The molecule has 0 unspecified atom stereocenters. The zero-order chi connectivity index (χ0) is 17.3. The van der Waals surface area contributed by atoms with E-state index in [0.29, 0.717) is 10.7 Å². The minimum Gasteiger partial charge on any atom is -0.320 e. The summed E-state index contributed by atoms with van der Waals surface area (Å²) in [5.41, 5.74) is 3.88. The Balaban J connectivity index is 1.83. The Kier molecular flexibility index (Phi) is 4.78. The number of aromatic nitrogens is 1. The molecule has 0 aliphatic heterocycles. The number of benzene rings is 2. The first-order chi connectivity index (χ1) is 11.4. The van der Waals surface area contributed by atoms with Crippen molar-refractivity contribution in [2.45, 2.75) is 13.8 Å². The number of nitrogens with one attached hydrogen (secondary N) is 1. The fourth-order valence-corrected chi connectivity index (χ4v) is 3.88. The van der Waals surface area contributed by atoms with Crippen LogP contribution in [0.3, 0.4) is 0 Å². The number of carbonyl (C=O) groups excluding carboxylic acids is 1. The van der Waals surface area contributed by atoms with Crippen molar-refractivity contribution in [2.24, 2.45) is 0 Å². The van der Waals surface area contributed by atoms with Gasteiger partial charge < -0.3 is 5.32 Å². The molecule has 0 fully saturated rings. The maximum absolute atomic E-state index is 13.0. The normalized spacial score (nSPS) is 10.7. The summed E-state index contributed by atoms with van der Waals surface area (Å²) in [7, 11) is 0. The van der Waals surface area contributed by atoms with Crippen LogP contribution in [0, 0.1) is 19.7 Å². The van der Waals surface area contributed by atoms with Crippen LogP contribution in [-0.4, -0.2) is 10.9 Å². The molecule has 3 nitrogen and oxygen atoms in total. The van der Waals surface area contributed by atoms with E-state index in [0.717, 1.165) is 26.9 Å². The number of amides is 1. The molecule has 0 bridgehead atoms. The van der Waals surface area contributed by atoms with Gasteiger partial charge in [-0.15, -0.1) is 11.3 Å². The van der Waals surface area contributed by atoms with Gasteiger partial charge in [0, 0.05) is 21.1 Å². The summed E-state index contributed by atoms with van der Waals surface area (Å²) >= 11 is 4.80. The molecular weight excluding hydrogens is 391 g/mol. The molecule has 0 saturated carbocycles. The van der Waals surface area contributed by atoms with Crippen molar-refractivity contribution in [3.05, 3.63) is 68.9 Å². The molecule has 1 heterocycles. The average molecular weight is 405 g/mol. The van der Waals surface area contributed by atoms with Gasteiger partial charge in [-0.3, -0.25) is 4.79 Å². The summed E-state index contributed by atoms with van der Waals surface area (Å²) in [6, 6.07) is 9.97. The molecular formula is C18H14BrFN2OS. The zero-order valence-electron chi connectivity index (χ0n) is 13.1. The molecule has 0 spiro atoms. The fourth-order valence-electron chi connectivity index (χ4n) is 2.39. The van der Waals surface area contributed by atoms with E-state index in [1.54, 1.807) is 17.5 Å². The lowest BCUT2D eigenvalue weighted by molar-refractivity contribution is 0.102. The number of rotatable bonds is 3. The van der Waals surface area contributed by atoms with Gasteiger partial charge in [0.15, 0.2) is 0 Å². The van der Waals surface area contributed by atoms with E-state index in [1.807, 2.05) is 26.0 Å². The summed E-state index contributed by atoms with van der Waals surface area (Å²) < 4.78 is 14.0. The lowest BCUT2D eigenvalue weighted by Gasteiger charge is -2.11. The number of thiazole rings is 1. The predicted octanol–water partition coefficient (Wildman–Crippen LogP) is 5.58. The minimum absolute atomic E-state index is 0.256. The molecule has 1 aromatic heterocycles. The quantitative estimate of drug-likeness (QED) is 0.618. The highest BCUT2D eigenvalue weighted by atomic mass is 79.9. The average Bonchev–Trinajstić information content (AvgIpc) is 3.01. The Hall–Kier alpha value is -2.05. The summed E-state index contributed by atoms with van der Waals surface area (Å²) in [5, 5.41) is 5.31. The molecule has 0 atom stereocenters. The number of anilines is 1. The van der Waals surface area contributed by atoms with Crippen molar-refractivity contribution in [1.82, 2.24) is 4.98 Å². The Morgan fingerprint density at radius 1 is 1.17 bits per heavy atom. The Labute approximate surface area is 151 Å². The standard InChI is InChI=1S/C18H14BrFN2OS/c1-10-7-13(19)8-11(2)16(10)22-17(23)15-9-24-18(21-15)12-3-5-14(20)6-4-12/h3-9H,1-2H3,(H,22,23). The van der Waals surface area contributed by atoms with E-state index in [4.69, 9.17) is 0 Å². The maximum Gasteiger partial charge on any atom is 0.275 e. The van der Waals surface area contributed by atoms with Crippen molar-refractivity contribution in [1.29, 1.82) is 0 Å². The van der Waals surface area contributed by atoms with Gasteiger partial charge in [-0.1, -0.05) is 15.9 Å². The van der Waals surface area contributed by atoms with Gasteiger partial charge in [-0.2, -0.15) is 0 Å². The van der Waals surface area contributed by atoms with Gasteiger partial charge in [-0.05, 0) is 61.4 Å². The van der Waals surface area contributed by atoms with Crippen LogP contribution in [0.4, 0.5) is 10.1 Å². The van der Waals surface area contributed by atoms with Gasteiger partial charge in [-0.25, -0.2) is 9.37 Å².